The van der Waals surface area contributed by atoms with Gasteiger partial charge >= 0.3 is 0 Å². The maximum atomic E-state index is 14.0. The van der Waals surface area contributed by atoms with E-state index in [9.17, 15) is 14.4 Å². The van der Waals surface area contributed by atoms with Crippen LogP contribution in [-0.2, 0) is 19.1 Å². The Bertz CT molecular complexity index is 901. The number of allylic oxidation sites excluding steroid dienone is 4. The number of amides is 1. The summed E-state index contributed by atoms with van der Waals surface area (Å²) in [7, 11) is 3.35. The molecule has 1 saturated carbocycles. The van der Waals surface area contributed by atoms with E-state index < -0.39 is 11.8 Å². The van der Waals surface area contributed by atoms with Crippen molar-refractivity contribution >= 4 is 17.5 Å². The Balaban J connectivity index is 2.49. The molecule has 1 fully saturated rings. The molecular formula is C29H43NO4. The lowest BCUT2D eigenvalue weighted by Gasteiger charge is -2.32. The fraction of sp³-hybridized carbons (Fsp3) is 0.690. The minimum Gasteiger partial charge on any atom is -0.383 e. The molecule has 0 aromatic rings. The normalized spacial score (nSPS) is 22.4. The zero-order chi connectivity index (χ0) is 25.6. The molecule has 2 aliphatic rings. The summed E-state index contributed by atoms with van der Waals surface area (Å²) in [5.74, 6) is 5.77. The van der Waals surface area contributed by atoms with E-state index in [4.69, 9.17) is 4.74 Å². The van der Waals surface area contributed by atoms with Gasteiger partial charge in [-0.15, -0.1) is 0 Å². The molecule has 0 radical (unpaired) electrons. The molecule has 188 valence electrons. The molecule has 2 aliphatic carbocycles. The van der Waals surface area contributed by atoms with Gasteiger partial charge in [-0.2, -0.15) is 0 Å². The summed E-state index contributed by atoms with van der Waals surface area (Å²) in [6, 6.07) is 0. The Hall–Kier alpha value is -2.19. The van der Waals surface area contributed by atoms with Crippen LogP contribution in [0.5, 0.6) is 0 Å². The van der Waals surface area contributed by atoms with Crippen LogP contribution in [0.3, 0.4) is 0 Å². The molecule has 0 spiro atoms. The van der Waals surface area contributed by atoms with E-state index in [-0.39, 0.29) is 28.8 Å². The molecule has 34 heavy (non-hydrogen) atoms. The van der Waals surface area contributed by atoms with Crippen molar-refractivity contribution in [1.29, 1.82) is 0 Å². The number of methoxy groups -OCH3 is 1. The molecule has 0 saturated heterocycles. The number of hydrogen-bond donors (Lipinski definition) is 0. The van der Waals surface area contributed by atoms with E-state index in [1.807, 2.05) is 33.8 Å². The SMILES string of the molecule is COCCN(C)C(=O)[C@H](C)C(C(=O)C1CCC(C)CC1)C1=C(C(C)=O)CC(C#CC(C)(C)C)=C1. The first-order valence-corrected chi connectivity index (χ1v) is 12.6. The third-order valence-electron chi connectivity index (χ3n) is 7.02. The standard InChI is InChI=1S/C29H43NO4/c1-19-9-11-23(12-10-19)27(32)26(20(2)28(33)30(7)15-16-34-8)25-18-22(13-14-29(4,5)6)17-24(25)21(3)31/h18-20,23,26H,9-12,15-17H2,1-8H3/t19?,20-,23?,26?/m1/s1. The lowest BCUT2D eigenvalue weighted by Crippen LogP contribution is -2.41. The third kappa shape index (κ3) is 7.40. The zero-order valence-electron chi connectivity index (χ0n) is 22.4. The first-order chi connectivity index (χ1) is 15.9. The van der Waals surface area contributed by atoms with Crippen molar-refractivity contribution in [2.75, 3.05) is 27.3 Å². The number of Topliss-reactive ketones (excluding diaryl/α,β-unsaturated/α-hetero) is 2. The van der Waals surface area contributed by atoms with Crippen molar-refractivity contribution in [3.8, 4) is 11.8 Å². The predicted molar refractivity (Wildman–Crippen MR) is 136 cm³/mol. The first-order valence-electron chi connectivity index (χ1n) is 12.6. The van der Waals surface area contributed by atoms with Gasteiger partial charge in [-0.3, -0.25) is 14.4 Å². The summed E-state index contributed by atoms with van der Waals surface area (Å²) in [4.78, 5) is 41.6. The molecule has 5 heteroatoms. The van der Waals surface area contributed by atoms with Gasteiger partial charge in [0, 0.05) is 55.5 Å². The maximum absolute atomic E-state index is 14.0. The van der Waals surface area contributed by atoms with Crippen LogP contribution in [-0.4, -0.2) is 49.7 Å². The molecule has 2 rings (SSSR count). The molecule has 0 bridgehead atoms. The molecule has 0 N–H and O–H groups in total. The van der Waals surface area contributed by atoms with E-state index in [0.29, 0.717) is 36.6 Å². The topological polar surface area (TPSA) is 63.7 Å². The summed E-state index contributed by atoms with van der Waals surface area (Å²) in [6.45, 7) is 12.6. The fourth-order valence-electron chi connectivity index (χ4n) is 4.87. The van der Waals surface area contributed by atoms with Crippen LogP contribution in [0.25, 0.3) is 0 Å². The number of ether oxygens (including phenoxy) is 1. The van der Waals surface area contributed by atoms with Gasteiger partial charge in [-0.05, 0) is 58.1 Å². The van der Waals surface area contributed by atoms with E-state index in [1.54, 1.807) is 26.0 Å². The van der Waals surface area contributed by atoms with Gasteiger partial charge in [0.1, 0.15) is 5.78 Å². The molecular weight excluding hydrogens is 426 g/mol. The van der Waals surface area contributed by atoms with Crippen LogP contribution in [0.4, 0.5) is 0 Å². The second-order valence-corrected chi connectivity index (χ2v) is 11.2. The van der Waals surface area contributed by atoms with E-state index in [2.05, 4.69) is 18.8 Å². The fourth-order valence-corrected chi connectivity index (χ4v) is 4.87. The average molecular weight is 470 g/mol. The highest BCUT2D eigenvalue weighted by atomic mass is 16.5. The van der Waals surface area contributed by atoms with Crippen molar-refractivity contribution < 1.29 is 19.1 Å². The number of ketones is 2. The summed E-state index contributed by atoms with van der Waals surface area (Å²) < 4.78 is 5.13. The molecule has 2 atom stereocenters. The summed E-state index contributed by atoms with van der Waals surface area (Å²) in [5.41, 5.74) is 2.01. The van der Waals surface area contributed by atoms with Crippen LogP contribution in [0, 0.1) is 40.9 Å². The number of rotatable bonds is 9. The molecule has 0 aromatic carbocycles. The number of carbonyl (C=O) groups excluding carboxylic acids is 3. The second kappa shape index (κ2) is 12.0. The van der Waals surface area contributed by atoms with Gasteiger partial charge in [0.25, 0.3) is 0 Å². The number of carbonyl (C=O) groups is 3. The monoisotopic (exact) mass is 469 g/mol. The van der Waals surface area contributed by atoms with Crippen LogP contribution < -0.4 is 0 Å². The lowest BCUT2D eigenvalue weighted by atomic mass is 9.72. The molecule has 0 heterocycles. The second-order valence-electron chi connectivity index (χ2n) is 11.2. The Labute approximate surface area is 206 Å². The Morgan fingerprint density at radius 1 is 1.18 bits per heavy atom. The highest BCUT2D eigenvalue weighted by Crippen LogP contribution is 2.40. The van der Waals surface area contributed by atoms with Crippen LogP contribution in [0.1, 0.15) is 73.6 Å². The average Bonchev–Trinajstić information content (AvgIpc) is 3.19. The molecule has 0 aromatic heterocycles. The Morgan fingerprint density at radius 2 is 1.79 bits per heavy atom. The smallest absolute Gasteiger partial charge is 0.226 e. The summed E-state index contributed by atoms with van der Waals surface area (Å²) in [6.07, 6.45) is 6.09. The van der Waals surface area contributed by atoms with Crippen molar-refractivity contribution in [3.63, 3.8) is 0 Å². The number of likely N-dealkylation sites (N-methyl/N-ethyl adjacent to an activating group) is 1. The largest absolute Gasteiger partial charge is 0.383 e. The highest BCUT2D eigenvalue weighted by molar-refractivity contribution is 6.00. The van der Waals surface area contributed by atoms with E-state index in [1.165, 1.54) is 0 Å². The van der Waals surface area contributed by atoms with Crippen LogP contribution in [0.2, 0.25) is 0 Å². The number of nitrogens with zero attached hydrogens (tertiary/aromatic N) is 1. The molecule has 1 unspecified atom stereocenters. The zero-order valence-corrected chi connectivity index (χ0v) is 22.4. The first kappa shape index (κ1) is 28.1. The van der Waals surface area contributed by atoms with Gasteiger partial charge in [-0.25, -0.2) is 0 Å². The van der Waals surface area contributed by atoms with Crippen molar-refractivity contribution in [2.24, 2.45) is 29.1 Å². The van der Waals surface area contributed by atoms with Gasteiger partial charge in [0.15, 0.2) is 5.78 Å². The summed E-state index contributed by atoms with van der Waals surface area (Å²) >= 11 is 0. The van der Waals surface area contributed by atoms with Gasteiger partial charge in [-0.1, -0.05) is 38.5 Å². The summed E-state index contributed by atoms with van der Waals surface area (Å²) in [5, 5.41) is 0. The van der Waals surface area contributed by atoms with Crippen LogP contribution in [0.15, 0.2) is 22.8 Å². The highest BCUT2D eigenvalue weighted by Gasteiger charge is 2.40. The van der Waals surface area contributed by atoms with Crippen molar-refractivity contribution in [3.05, 3.63) is 22.8 Å². The molecule has 5 nitrogen and oxygen atoms in total. The van der Waals surface area contributed by atoms with Crippen LogP contribution >= 0.6 is 0 Å². The van der Waals surface area contributed by atoms with E-state index >= 15 is 0 Å². The quantitative estimate of drug-likeness (QED) is 0.446. The van der Waals surface area contributed by atoms with Crippen molar-refractivity contribution in [1.82, 2.24) is 4.90 Å². The molecule has 0 aliphatic heterocycles. The lowest BCUT2D eigenvalue weighted by molar-refractivity contribution is -0.140. The predicted octanol–water partition coefficient (Wildman–Crippen LogP) is 5.00. The van der Waals surface area contributed by atoms with Gasteiger partial charge in [0.05, 0.1) is 12.5 Å². The minimum absolute atomic E-state index is 0.0544. The maximum Gasteiger partial charge on any atom is 0.226 e. The van der Waals surface area contributed by atoms with Gasteiger partial charge in [0.2, 0.25) is 5.91 Å². The van der Waals surface area contributed by atoms with Crippen molar-refractivity contribution in [2.45, 2.75) is 73.6 Å². The Morgan fingerprint density at radius 3 is 2.32 bits per heavy atom. The molecule has 1 amide bonds. The Kier molecular flexibility index (Phi) is 9.88. The third-order valence-corrected chi connectivity index (χ3v) is 7.02. The van der Waals surface area contributed by atoms with Gasteiger partial charge < -0.3 is 9.64 Å². The minimum atomic E-state index is -0.635. The van der Waals surface area contributed by atoms with E-state index in [0.717, 1.165) is 31.3 Å². The number of hydrogen-bond acceptors (Lipinski definition) is 4.